The van der Waals surface area contributed by atoms with Gasteiger partial charge in [0, 0.05) is 11.3 Å². The van der Waals surface area contributed by atoms with Crippen LogP contribution in [0.5, 0.6) is 0 Å². The van der Waals surface area contributed by atoms with Crippen molar-refractivity contribution in [3.8, 4) is 0 Å². The largest absolute Gasteiger partial charge is 0.396 e. The molecule has 0 aromatic carbocycles. The van der Waals surface area contributed by atoms with Crippen LogP contribution in [0.1, 0.15) is 24.5 Å². The summed E-state index contributed by atoms with van der Waals surface area (Å²) in [5, 5.41) is 32.7. The van der Waals surface area contributed by atoms with E-state index in [0.717, 1.165) is 0 Å². The maximum Gasteiger partial charge on any atom is 0.356 e. The number of nitrogens with zero attached hydrogens (tertiary/aromatic N) is 7. The molecule has 11 atom stereocenters. The first-order valence-electron chi connectivity index (χ1n) is 15.3. The molecule has 0 radical (unpaired) electrons. The molecule has 2 bridgehead atoms. The Bertz CT molecular complexity index is 2100. The highest BCUT2D eigenvalue weighted by Crippen LogP contribution is 2.72. The molecule has 0 amide bonds. The van der Waals surface area contributed by atoms with Crippen LogP contribution in [0.4, 0.5) is 5.82 Å². The number of imidazole rings is 2. The monoisotopic (exact) mass is 741 g/mol. The third kappa shape index (κ3) is 5.21. The number of H-pyrrole nitrogens is 1. The number of hydrogen-bond acceptors (Lipinski definition) is 18. The molecule has 2 aliphatic heterocycles. The maximum absolute atomic E-state index is 14.2. The summed E-state index contributed by atoms with van der Waals surface area (Å²) >= 11 is 4.27. The predicted octanol–water partition coefficient (Wildman–Crippen LogP) is 0.318. The van der Waals surface area contributed by atoms with Gasteiger partial charge in [-0.2, -0.15) is 12.6 Å². The number of aromatic amines is 1. The lowest BCUT2D eigenvalue weighted by molar-refractivity contribution is -0.0573. The Morgan fingerprint density at radius 2 is 1.86 bits per heavy atom. The van der Waals surface area contributed by atoms with Crippen LogP contribution in [-0.4, -0.2) is 110 Å². The number of thiol groups is 1. The van der Waals surface area contributed by atoms with Gasteiger partial charge in [-0.3, -0.25) is 23.0 Å². The second-order valence-corrected chi connectivity index (χ2v) is 17.5. The lowest BCUT2D eigenvalue weighted by Gasteiger charge is -2.32. The number of aromatic nitrogens is 8. The average Bonchev–Trinajstić information content (AvgIpc) is 3.39. The van der Waals surface area contributed by atoms with E-state index in [9.17, 15) is 29.2 Å². The van der Waals surface area contributed by atoms with E-state index in [0.29, 0.717) is 17.6 Å². The summed E-state index contributed by atoms with van der Waals surface area (Å²) in [5.74, 6) is -0.908. The van der Waals surface area contributed by atoms with Crippen LogP contribution in [0.25, 0.3) is 22.3 Å². The molecule has 4 aromatic heterocycles. The Kier molecular flexibility index (Phi) is 8.08. The van der Waals surface area contributed by atoms with E-state index in [4.69, 9.17) is 28.6 Å². The number of aryl methyl sites for hydroxylation is 1. The molecule has 6 N–H and O–H groups in total. The molecule has 4 aliphatic rings. The number of ether oxygens (including phenoxy) is 1. The van der Waals surface area contributed by atoms with Crippen molar-refractivity contribution in [2.24, 2.45) is 17.3 Å². The van der Waals surface area contributed by atoms with E-state index in [2.05, 4.69) is 42.5 Å². The van der Waals surface area contributed by atoms with E-state index >= 15 is 0 Å². The standard InChI is InChI=1S/C26H33N9O11P2S/c1-11-32-23-16(24(39)33-11)31-8-35(23)25-19-12(3-36)14(44-25)4-42-48(41,10-49)46-20-18(38)17(34-7-30-15-21(27)28-6-29-22(15)34)13-2-26(13,20)5-43-47(40,9-37)45-19/h6-8,12-14,17-20,25,36-38,49H,2-5,9-10H2,1H3,(H2,27,28,29)(H,32,33,39)/t12-,13-,14-,17-,18+,19-,20+,25-,26?,47+,48-/m1/s1. The van der Waals surface area contributed by atoms with Crippen molar-refractivity contribution in [2.45, 2.75) is 50.0 Å². The molecule has 264 valence electrons. The van der Waals surface area contributed by atoms with Crippen molar-refractivity contribution < 1.29 is 47.3 Å². The number of nitrogen functional groups attached to an aromatic ring is 1. The topological polar surface area (TPSA) is 274 Å². The molecule has 1 spiro atoms. The van der Waals surface area contributed by atoms with Crippen molar-refractivity contribution in [2.75, 3.05) is 37.4 Å². The van der Waals surface area contributed by atoms with Crippen molar-refractivity contribution in [3.63, 3.8) is 0 Å². The van der Waals surface area contributed by atoms with Crippen molar-refractivity contribution >= 4 is 56.0 Å². The number of aliphatic hydroxyl groups excluding tert-OH is 3. The van der Waals surface area contributed by atoms with Crippen LogP contribution in [0, 0.1) is 24.2 Å². The van der Waals surface area contributed by atoms with Gasteiger partial charge in [-0.05, 0) is 19.3 Å². The molecule has 1 unspecified atom stereocenters. The van der Waals surface area contributed by atoms with Crippen LogP contribution in [-0.2, 0) is 32.0 Å². The highest BCUT2D eigenvalue weighted by atomic mass is 32.1. The molecule has 49 heavy (non-hydrogen) atoms. The summed E-state index contributed by atoms with van der Waals surface area (Å²) in [7, 11) is -8.50. The van der Waals surface area contributed by atoms with E-state index < -0.39 is 88.3 Å². The smallest absolute Gasteiger partial charge is 0.356 e. The van der Waals surface area contributed by atoms with Crippen LogP contribution in [0.15, 0.2) is 23.8 Å². The predicted molar refractivity (Wildman–Crippen MR) is 170 cm³/mol. The van der Waals surface area contributed by atoms with Crippen LogP contribution >= 0.6 is 27.8 Å². The van der Waals surface area contributed by atoms with Gasteiger partial charge in [-0.25, -0.2) is 24.9 Å². The van der Waals surface area contributed by atoms with Gasteiger partial charge in [0.15, 0.2) is 28.9 Å². The second-order valence-electron chi connectivity index (χ2n) is 12.7. The highest BCUT2D eigenvalue weighted by Gasteiger charge is 2.74. The van der Waals surface area contributed by atoms with E-state index in [1.165, 1.54) is 23.5 Å². The van der Waals surface area contributed by atoms with Gasteiger partial charge in [0.2, 0.25) is 0 Å². The fraction of sp³-hybridized carbons (Fsp3) is 0.615. The maximum atomic E-state index is 14.2. The number of nitrogens with one attached hydrogen (secondary N) is 1. The Labute approximate surface area is 281 Å². The number of rotatable bonds is 5. The summed E-state index contributed by atoms with van der Waals surface area (Å²) in [5.41, 5.74) is 4.86. The third-order valence-corrected chi connectivity index (χ3v) is 13.8. The summed E-state index contributed by atoms with van der Waals surface area (Å²) in [6.07, 6.45) is -2.63. The Balaban J connectivity index is 1.18. The van der Waals surface area contributed by atoms with Gasteiger partial charge in [0.25, 0.3) is 5.56 Å². The van der Waals surface area contributed by atoms with Crippen LogP contribution in [0.2, 0.25) is 0 Å². The molecule has 2 aliphatic carbocycles. The molecule has 2 saturated heterocycles. The summed E-state index contributed by atoms with van der Waals surface area (Å²) in [4.78, 5) is 36.3. The zero-order valence-electron chi connectivity index (χ0n) is 25.8. The van der Waals surface area contributed by atoms with E-state index in [1.54, 1.807) is 11.5 Å². The fourth-order valence-electron chi connectivity index (χ4n) is 7.47. The van der Waals surface area contributed by atoms with Crippen molar-refractivity contribution in [1.29, 1.82) is 0 Å². The van der Waals surface area contributed by atoms with Crippen molar-refractivity contribution in [1.82, 2.24) is 39.0 Å². The van der Waals surface area contributed by atoms with E-state index in [1.807, 2.05) is 0 Å². The minimum Gasteiger partial charge on any atom is -0.396 e. The quantitative estimate of drug-likeness (QED) is 0.119. The number of nitrogens with two attached hydrogens (primary N) is 1. The van der Waals surface area contributed by atoms with Gasteiger partial charge in [-0.15, -0.1) is 0 Å². The molecule has 4 aromatic rings. The zero-order valence-corrected chi connectivity index (χ0v) is 28.4. The first-order valence-corrected chi connectivity index (χ1v) is 19.4. The molecule has 23 heteroatoms. The number of anilines is 1. The Hall–Kier alpha value is -2.81. The SMILES string of the molecule is Cc1nc2c(ncn2[C@@H]2O[C@@H]3CO[P@](=O)(CS)O[C@H]4[C@@H](O)[C@H](n5cnc6c(N)ncnc65)[C@H]5CC54CO[P@@](=O)(CO)O[C@@H]2[C@@H]3CO)c(=O)[nH]1. The van der Waals surface area contributed by atoms with E-state index in [-0.39, 0.29) is 40.8 Å². The van der Waals surface area contributed by atoms with Gasteiger partial charge >= 0.3 is 15.2 Å². The van der Waals surface area contributed by atoms with Gasteiger partial charge in [0.1, 0.15) is 42.3 Å². The Morgan fingerprint density at radius 3 is 2.61 bits per heavy atom. The minimum atomic E-state index is -4.40. The molecule has 8 rings (SSSR count). The number of hydrogen-bond donors (Lipinski definition) is 6. The van der Waals surface area contributed by atoms with Crippen LogP contribution < -0.4 is 11.3 Å². The molecule has 20 nitrogen and oxygen atoms in total. The number of aliphatic hydroxyl groups is 3. The molecular formula is C26H33N9O11P2S. The van der Waals surface area contributed by atoms with Gasteiger partial charge in [-0.1, -0.05) is 0 Å². The minimum absolute atomic E-state index is 0.00347. The van der Waals surface area contributed by atoms with Crippen LogP contribution in [0.3, 0.4) is 0 Å². The lowest BCUT2D eigenvalue weighted by Crippen LogP contribution is -2.38. The molecule has 2 saturated carbocycles. The third-order valence-electron chi connectivity index (χ3n) is 9.92. The molecular weight excluding hydrogens is 708 g/mol. The average molecular weight is 742 g/mol. The van der Waals surface area contributed by atoms with Crippen molar-refractivity contribution in [3.05, 3.63) is 35.2 Å². The summed E-state index contributed by atoms with van der Waals surface area (Å²) < 4.78 is 61.8. The van der Waals surface area contributed by atoms with Gasteiger partial charge in [0.05, 0.1) is 50.1 Å². The summed E-state index contributed by atoms with van der Waals surface area (Å²) in [6, 6.07) is -0.708. The first kappa shape index (κ1) is 33.3. The lowest BCUT2D eigenvalue weighted by atomic mass is 9.99. The normalized spacial score (nSPS) is 39.3. The number of fused-ring (bicyclic) bond motifs is 4. The fourth-order valence-corrected chi connectivity index (χ4v) is 10.5. The zero-order chi connectivity index (χ0) is 34.5. The molecule has 4 fully saturated rings. The highest BCUT2D eigenvalue weighted by molar-refractivity contribution is 7.88. The Morgan fingerprint density at radius 1 is 1.08 bits per heavy atom. The van der Waals surface area contributed by atoms with Gasteiger partial charge < -0.3 is 48.9 Å². The second kappa shape index (κ2) is 11.9. The summed E-state index contributed by atoms with van der Waals surface area (Å²) in [6.45, 7) is 0.249. The first-order chi connectivity index (χ1) is 23.4. The molecule has 6 heterocycles.